The van der Waals surface area contributed by atoms with E-state index in [1.165, 1.54) is 32.4 Å². The molecule has 3 saturated heterocycles. The van der Waals surface area contributed by atoms with E-state index in [9.17, 15) is 0 Å². The zero-order valence-corrected chi connectivity index (χ0v) is 17.6. The van der Waals surface area contributed by atoms with Crippen LogP contribution in [0.5, 0.6) is 0 Å². The van der Waals surface area contributed by atoms with Crippen molar-refractivity contribution in [2.24, 2.45) is 10.9 Å². The van der Waals surface area contributed by atoms with Crippen LogP contribution in [0.15, 0.2) is 4.99 Å². The van der Waals surface area contributed by atoms with E-state index in [2.05, 4.69) is 32.1 Å². The Hall–Kier alpha value is -0.120. The summed E-state index contributed by atoms with van der Waals surface area (Å²) in [7, 11) is 4.14. The number of aliphatic imine (C=N–C) groups is 1. The lowest BCUT2D eigenvalue weighted by Gasteiger charge is -2.33. The fourth-order valence-corrected chi connectivity index (χ4v) is 4.01. The third-order valence-electron chi connectivity index (χ3n) is 5.62. The molecule has 0 aromatic heterocycles. The summed E-state index contributed by atoms with van der Waals surface area (Å²) in [5.74, 6) is 1.89. The molecule has 1 N–H and O–H groups in total. The van der Waals surface area contributed by atoms with Gasteiger partial charge in [0.2, 0.25) is 0 Å². The Morgan fingerprint density at radius 1 is 1.08 bits per heavy atom. The average Bonchev–Trinajstić information content (AvgIpc) is 3.08. The van der Waals surface area contributed by atoms with Crippen LogP contribution in [-0.4, -0.2) is 99.8 Å². The second-order valence-electron chi connectivity index (χ2n) is 7.21. The highest BCUT2D eigenvalue weighted by Crippen LogP contribution is 2.18. The van der Waals surface area contributed by atoms with Gasteiger partial charge in [-0.2, -0.15) is 0 Å². The van der Waals surface area contributed by atoms with Gasteiger partial charge in [0.1, 0.15) is 0 Å². The summed E-state index contributed by atoms with van der Waals surface area (Å²) in [5.41, 5.74) is 0. The maximum absolute atomic E-state index is 5.47. The topological polar surface area (TPSA) is 43.3 Å². The van der Waals surface area contributed by atoms with Crippen molar-refractivity contribution in [3.8, 4) is 0 Å². The summed E-state index contributed by atoms with van der Waals surface area (Å²) < 4.78 is 5.47. The largest absolute Gasteiger partial charge is 0.379 e. The Bertz CT molecular complexity index is 394. The summed E-state index contributed by atoms with van der Waals surface area (Å²) in [4.78, 5) is 12.0. The zero-order valence-electron chi connectivity index (χ0n) is 15.2. The molecule has 7 heteroatoms. The first-order valence-corrected chi connectivity index (χ1v) is 9.22. The van der Waals surface area contributed by atoms with Gasteiger partial charge in [-0.1, -0.05) is 0 Å². The number of piperidine rings is 1. The number of morpholine rings is 1. The maximum atomic E-state index is 5.47. The predicted molar refractivity (Wildman–Crippen MR) is 109 cm³/mol. The molecule has 0 bridgehead atoms. The number of likely N-dealkylation sites (tertiary alicyclic amines) is 2. The van der Waals surface area contributed by atoms with Crippen LogP contribution in [-0.2, 0) is 4.74 Å². The highest BCUT2D eigenvalue weighted by molar-refractivity contribution is 14.0. The number of halogens is 1. The lowest BCUT2D eigenvalue weighted by Crippen LogP contribution is -2.47. The minimum Gasteiger partial charge on any atom is -0.379 e. The first-order valence-electron chi connectivity index (χ1n) is 9.22. The van der Waals surface area contributed by atoms with Gasteiger partial charge in [0.15, 0.2) is 5.96 Å². The molecule has 0 spiro atoms. The van der Waals surface area contributed by atoms with Crippen molar-refractivity contribution in [2.75, 3.05) is 73.1 Å². The molecular formula is C17H34IN5O. The normalized spacial score (nSPS) is 28.0. The molecule has 1 atom stereocenters. The van der Waals surface area contributed by atoms with Crippen molar-refractivity contribution in [1.82, 2.24) is 20.0 Å². The molecule has 1 unspecified atom stereocenters. The molecule has 6 nitrogen and oxygen atoms in total. The Labute approximate surface area is 164 Å². The van der Waals surface area contributed by atoms with Crippen LogP contribution < -0.4 is 5.32 Å². The van der Waals surface area contributed by atoms with Crippen molar-refractivity contribution < 1.29 is 4.74 Å². The summed E-state index contributed by atoms with van der Waals surface area (Å²) in [6, 6.07) is 0.667. The molecular weight excluding hydrogens is 417 g/mol. The summed E-state index contributed by atoms with van der Waals surface area (Å²) in [6.07, 6.45) is 3.85. The summed E-state index contributed by atoms with van der Waals surface area (Å²) >= 11 is 0. The van der Waals surface area contributed by atoms with Gasteiger partial charge in [-0.25, -0.2) is 0 Å². The minimum atomic E-state index is 0. The molecule has 140 valence electrons. The van der Waals surface area contributed by atoms with Gasteiger partial charge >= 0.3 is 0 Å². The number of rotatable bonds is 3. The summed E-state index contributed by atoms with van der Waals surface area (Å²) in [5, 5.41) is 3.63. The Kier molecular flexibility index (Phi) is 8.53. The molecule has 0 saturated carbocycles. The SMILES string of the molecule is CN=C(NCC1CCN(C)CC1)N1CCC(N2CCOCC2)C1.I. The van der Waals surface area contributed by atoms with Crippen molar-refractivity contribution in [3.05, 3.63) is 0 Å². The molecule has 3 fully saturated rings. The molecule has 24 heavy (non-hydrogen) atoms. The van der Waals surface area contributed by atoms with Gasteiger partial charge in [0, 0.05) is 45.8 Å². The first kappa shape index (κ1) is 20.2. The third-order valence-corrected chi connectivity index (χ3v) is 5.62. The molecule has 0 amide bonds. The lowest BCUT2D eigenvalue weighted by atomic mass is 9.97. The second-order valence-corrected chi connectivity index (χ2v) is 7.21. The van der Waals surface area contributed by atoms with Crippen LogP contribution in [0.4, 0.5) is 0 Å². The highest BCUT2D eigenvalue weighted by atomic mass is 127. The van der Waals surface area contributed by atoms with E-state index in [1.54, 1.807) is 0 Å². The fraction of sp³-hybridized carbons (Fsp3) is 0.941. The van der Waals surface area contributed by atoms with Crippen LogP contribution in [0.3, 0.4) is 0 Å². The lowest BCUT2D eigenvalue weighted by molar-refractivity contribution is 0.0195. The van der Waals surface area contributed by atoms with E-state index in [0.717, 1.165) is 57.8 Å². The quantitative estimate of drug-likeness (QED) is 0.393. The molecule has 3 aliphatic rings. The van der Waals surface area contributed by atoms with Crippen LogP contribution >= 0.6 is 24.0 Å². The van der Waals surface area contributed by atoms with Gasteiger partial charge in [-0.05, 0) is 45.3 Å². The molecule has 0 aliphatic carbocycles. The molecule has 3 aliphatic heterocycles. The zero-order chi connectivity index (χ0) is 16.1. The molecule has 0 aromatic carbocycles. The number of hydrogen-bond donors (Lipinski definition) is 1. The predicted octanol–water partition coefficient (Wildman–Crippen LogP) is 0.928. The Morgan fingerprint density at radius 2 is 1.79 bits per heavy atom. The number of guanidine groups is 1. The van der Waals surface area contributed by atoms with E-state index in [4.69, 9.17) is 4.74 Å². The molecule has 3 rings (SSSR count). The van der Waals surface area contributed by atoms with E-state index in [1.807, 2.05) is 7.05 Å². The fourth-order valence-electron chi connectivity index (χ4n) is 4.01. The van der Waals surface area contributed by atoms with Crippen molar-refractivity contribution in [1.29, 1.82) is 0 Å². The van der Waals surface area contributed by atoms with E-state index in [-0.39, 0.29) is 24.0 Å². The van der Waals surface area contributed by atoms with Crippen molar-refractivity contribution in [3.63, 3.8) is 0 Å². The smallest absolute Gasteiger partial charge is 0.193 e. The van der Waals surface area contributed by atoms with E-state index >= 15 is 0 Å². The number of nitrogens with one attached hydrogen (secondary N) is 1. The third kappa shape index (κ3) is 5.44. The highest BCUT2D eigenvalue weighted by Gasteiger charge is 2.30. The number of hydrogen-bond acceptors (Lipinski definition) is 4. The monoisotopic (exact) mass is 451 g/mol. The average molecular weight is 451 g/mol. The van der Waals surface area contributed by atoms with Crippen LogP contribution in [0, 0.1) is 5.92 Å². The van der Waals surface area contributed by atoms with Crippen LogP contribution in [0.2, 0.25) is 0 Å². The van der Waals surface area contributed by atoms with Gasteiger partial charge < -0.3 is 19.9 Å². The maximum Gasteiger partial charge on any atom is 0.193 e. The van der Waals surface area contributed by atoms with Crippen LogP contribution in [0.1, 0.15) is 19.3 Å². The van der Waals surface area contributed by atoms with Crippen molar-refractivity contribution >= 4 is 29.9 Å². The van der Waals surface area contributed by atoms with E-state index in [0.29, 0.717) is 6.04 Å². The Morgan fingerprint density at radius 3 is 2.46 bits per heavy atom. The Balaban J connectivity index is 0.00000208. The molecule has 3 heterocycles. The first-order chi connectivity index (χ1) is 11.3. The number of nitrogens with zero attached hydrogens (tertiary/aromatic N) is 4. The van der Waals surface area contributed by atoms with Gasteiger partial charge in [0.05, 0.1) is 13.2 Å². The number of ether oxygens (including phenoxy) is 1. The summed E-state index contributed by atoms with van der Waals surface area (Å²) in [6.45, 7) is 9.70. The van der Waals surface area contributed by atoms with E-state index < -0.39 is 0 Å². The molecule has 0 aromatic rings. The standard InChI is InChI=1S/C17H33N5O.HI/c1-18-17(19-13-15-3-6-20(2)7-4-15)22-8-5-16(14-22)21-9-11-23-12-10-21;/h15-16H,3-14H2,1-2H3,(H,18,19);1H. The van der Waals surface area contributed by atoms with Gasteiger partial charge in [0.25, 0.3) is 0 Å². The van der Waals surface area contributed by atoms with Crippen molar-refractivity contribution in [2.45, 2.75) is 25.3 Å². The van der Waals surface area contributed by atoms with Gasteiger partial charge in [-0.15, -0.1) is 24.0 Å². The van der Waals surface area contributed by atoms with Crippen LogP contribution in [0.25, 0.3) is 0 Å². The second kappa shape index (κ2) is 10.1. The molecule has 0 radical (unpaired) electrons. The minimum absolute atomic E-state index is 0. The van der Waals surface area contributed by atoms with Gasteiger partial charge in [-0.3, -0.25) is 9.89 Å².